The van der Waals surface area contributed by atoms with Gasteiger partial charge in [0.25, 0.3) is 0 Å². The zero-order valence-corrected chi connectivity index (χ0v) is 11.4. The third kappa shape index (κ3) is 2.21. The number of ketones is 1. The second-order valence-electron chi connectivity index (χ2n) is 4.60. The molecule has 0 unspecified atom stereocenters. The van der Waals surface area contributed by atoms with Crippen molar-refractivity contribution in [1.29, 1.82) is 0 Å². The van der Waals surface area contributed by atoms with Crippen molar-refractivity contribution in [2.75, 3.05) is 0 Å². The smallest absolute Gasteiger partial charge is 0.213 e. The molecule has 2 bridgehead atoms. The Kier molecular flexibility index (Phi) is 3.07. The SMILES string of the molecule is NC1=C(O)NC2=CC(F)=CC(=C1c1cccc(Cl)c1)C2=O. The number of carbonyl (C=O) groups excluding carboxylic acids is 1. The van der Waals surface area contributed by atoms with E-state index in [1.165, 1.54) is 0 Å². The summed E-state index contributed by atoms with van der Waals surface area (Å²) in [5.41, 5.74) is 6.62. The summed E-state index contributed by atoms with van der Waals surface area (Å²) < 4.78 is 13.7. The average molecular weight is 305 g/mol. The molecule has 0 radical (unpaired) electrons. The maximum atomic E-state index is 13.7. The lowest BCUT2D eigenvalue weighted by Crippen LogP contribution is -2.22. The van der Waals surface area contributed by atoms with E-state index in [9.17, 15) is 14.3 Å². The van der Waals surface area contributed by atoms with E-state index in [-0.39, 0.29) is 22.5 Å². The van der Waals surface area contributed by atoms with Gasteiger partial charge in [-0.2, -0.15) is 0 Å². The highest BCUT2D eigenvalue weighted by Crippen LogP contribution is 2.34. The van der Waals surface area contributed by atoms with Crippen LogP contribution in [0.2, 0.25) is 5.02 Å². The number of aliphatic hydroxyl groups excluding tert-OH is 1. The summed E-state index contributed by atoms with van der Waals surface area (Å²) >= 11 is 5.94. The standard InChI is InChI=1S/C15H10ClFN2O2/c16-8-3-1-2-7(4-8)12-10-5-9(17)6-11(14(10)20)19-15(21)13(12)18/h1-6,19,21H,18H2. The van der Waals surface area contributed by atoms with Crippen LogP contribution in [0.15, 0.2) is 65.1 Å². The van der Waals surface area contributed by atoms with E-state index in [4.69, 9.17) is 17.3 Å². The van der Waals surface area contributed by atoms with E-state index >= 15 is 0 Å². The summed E-state index contributed by atoms with van der Waals surface area (Å²) in [5, 5.41) is 12.8. The van der Waals surface area contributed by atoms with Crippen LogP contribution in [0.3, 0.4) is 0 Å². The Morgan fingerprint density at radius 3 is 2.76 bits per heavy atom. The molecule has 0 saturated heterocycles. The molecule has 3 rings (SSSR count). The Morgan fingerprint density at radius 1 is 1.29 bits per heavy atom. The van der Waals surface area contributed by atoms with Gasteiger partial charge in [0.15, 0.2) is 0 Å². The fourth-order valence-corrected chi connectivity index (χ4v) is 2.48. The topological polar surface area (TPSA) is 75.3 Å². The molecule has 2 aliphatic rings. The summed E-state index contributed by atoms with van der Waals surface area (Å²) in [4.78, 5) is 12.3. The summed E-state index contributed by atoms with van der Waals surface area (Å²) in [6, 6.07) is 6.61. The maximum absolute atomic E-state index is 13.7. The van der Waals surface area contributed by atoms with E-state index in [0.29, 0.717) is 10.6 Å². The molecule has 0 saturated carbocycles. The van der Waals surface area contributed by atoms with Crippen LogP contribution >= 0.6 is 11.6 Å². The molecule has 1 aromatic carbocycles. The van der Waals surface area contributed by atoms with Crippen molar-refractivity contribution in [2.45, 2.75) is 0 Å². The van der Waals surface area contributed by atoms with Crippen molar-refractivity contribution in [1.82, 2.24) is 5.32 Å². The van der Waals surface area contributed by atoms with Crippen molar-refractivity contribution >= 4 is 23.0 Å². The van der Waals surface area contributed by atoms with Crippen LogP contribution in [0.5, 0.6) is 0 Å². The fourth-order valence-electron chi connectivity index (χ4n) is 2.29. The van der Waals surface area contributed by atoms with E-state index in [0.717, 1.165) is 12.2 Å². The first kappa shape index (κ1) is 13.5. The van der Waals surface area contributed by atoms with Crippen LogP contribution in [0, 0.1) is 0 Å². The summed E-state index contributed by atoms with van der Waals surface area (Å²) in [5.74, 6) is -1.45. The molecule has 4 N–H and O–H groups in total. The van der Waals surface area contributed by atoms with Crippen molar-refractivity contribution in [3.63, 3.8) is 0 Å². The van der Waals surface area contributed by atoms with Gasteiger partial charge in [0.05, 0.1) is 5.70 Å². The second-order valence-corrected chi connectivity index (χ2v) is 5.04. The van der Waals surface area contributed by atoms with Gasteiger partial charge in [-0.05, 0) is 23.8 Å². The van der Waals surface area contributed by atoms with Crippen LogP contribution in [0.4, 0.5) is 4.39 Å². The molecule has 0 aromatic heterocycles. The third-order valence-corrected chi connectivity index (χ3v) is 3.45. The van der Waals surface area contributed by atoms with Crippen LogP contribution < -0.4 is 11.1 Å². The van der Waals surface area contributed by atoms with Crippen molar-refractivity contribution in [3.8, 4) is 0 Å². The molecule has 106 valence electrons. The molecule has 1 heterocycles. The normalized spacial score (nSPS) is 18.1. The number of rotatable bonds is 1. The van der Waals surface area contributed by atoms with E-state index in [1.54, 1.807) is 24.3 Å². The number of nitrogens with two attached hydrogens (primary N) is 1. The maximum Gasteiger partial charge on any atom is 0.213 e. The lowest BCUT2D eigenvalue weighted by atomic mass is 9.92. The lowest BCUT2D eigenvalue weighted by molar-refractivity contribution is -0.112. The van der Waals surface area contributed by atoms with Crippen LogP contribution in [0.1, 0.15) is 5.56 Å². The van der Waals surface area contributed by atoms with Crippen molar-refractivity contribution in [3.05, 3.63) is 75.7 Å². The van der Waals surface area contributed by atoms with E-state index < -0.39 is 17.5 Å². The molecular formula is C15H10ClFN2O2. The summed E-state index contributed by atoms with van der Waals surface area (Å²) in [7, 11) is 0. The number of benzene rings is 1. The molecule has 1 aliphatic carbocycles. The van der Waals surface area contributed by atoms with Gasteiger partial charge in [0.2, 0.25) is 11.7 Å². The number of aliphatic hydroxyl groups is 1. The molecule has 0 amide bonds. The van der Waals surface area contributed by atoms with Crippen molar-refractivity contribution < 1.29 is 14.3 Å². The Bertz CT molecular complexity index is 791. The molecule has 21 heavy (non-hydrogen) atoms. The number of hydrogen-bond donors (Lipinski definition) is 3. The molecule has 0 spiro atoms. The molecule has 6 heteroatoms. The third-order valence-electron chi connectivity index (χ3n) is 3.21. The second kappa shape index (κ2) is 4.79. The number of nitrogens with one attached hydrogen (secondary N) is 1. The zero-order chi connectivity index (χ0) is 15.1. The van der Waals surface area contributed by atoms with Gasteiger partial charge < -0.3 is 16.2 Å². The molecule has 1 aliphatic heterocycles. The highest BCUT2D eigenvalue weighted by molar-refractivity contribution is 6.30. The van der Waals surface area contributed by atoms with Gasteiger partial charge in [-0.3, -0.25) is 4.79 Å². The Morgan fingerprint density at radius 2 is 2.05 bits per heavy atom. The summed E-state index contributed by atoms with van der Waals surface area (Å²) in [6.07, 6.45) is 2.10. The first-order valence-electron chi connectivity index (χ1n) is 6.07. The van der Waals surface area contributed by atoms with E-state index in [1.807, 2.05) is 0 Å². The van der Waals surface area contributed by atoms with Gasteiger partial charge in [0.1, 0.15) is 11.5 Å². The van der Waals surface area contributed by atoms with E-state index in [2.05, 4.69) is 5.32 Å². The Balaban J connectivity index is 2.34. The quantitative estimate of drug-likeness (QED) is 0.745. The van der Waals surface area contributed by atoms with Gasteiger partial charge in [0, 0.05) is 22.2 Å². The first-order chi connectivity index (χ1) is 9.97. The Hall–Kier alpha value is -2.53. The number of Topliss-reactive ketones (excluding diaryl/α,β-unsaturated/α-hetero) is 1. The largest absolute Gasteiger partial charge is 0.493 e. The van der Waals surface area contributed by atoms with Crippen LogP contribution in [-0.4, -0.2) is 10.9 Å². The first-order valence-corrected chi connectivity index (χ1v) is 6.45. The minimum atomic E-state index is -0.603. The predicted molar refractivity (Wildman–Crippen MR) is 77.6 cm³/mol. The number of carbonyl (C=O) groups is 1. The Labute approximate surface area is 124 Å². The van der Waals surface area contributed by atoms with Gasteiger partial charge in [-0.1, -0.05) is 23.7 Å². The average Bonchev–Trinajstić information content (AvgIpc) is 2.48. The number of allylic oxidation sites excluding steroid dienone is 5. The van der Waals surface area contributed by atoms with Gasteiger partial charge >= 0.3 is 0 Å². The van der Waals surface area contributed by atoms with Gasteiger partial charge in [-0.15, -0.1) is 0 Å². The van der Waals surface area contributed by atoms with Crippen molar-refractivity contribution in [2.24, 2.45) is 5.73 Å². The van der Waals surface area contributed by atoms with Gasteiger partial charge in [-0.25, -0.2) is 4.39 Å². The predicted octanol–water partition coefficient (Wildman–Crippen LogP) is 2.70. The highest BCUT2D eigenvalue weighted by atomic mass is 35.5. The fraction of sp³-hybridized carbons (Fsp3) is 0. The minimum Gasteiger partial charge on any atom is -0.493 e. The monoisotopic (exact) mass is 304 g/mol. The molecule has 0 atom stereocenters. The molecular weight excluding hydrogens is 295 g/mol. The van der Waals surface area contributed by atoms with Crippen LogP contribution in [-0.2, 0) is 4.79 Å². The minimum absolute atomic E-state index is 0.0463. The number of fused-ring (bicyclic) bond motifs is 2. The molecule has 4 nitrogen and oxygen atoms in total. The lowest BCUT2D eigenvalue weighted by Gasteiger charge is -2.13. The van der Waals surface area contributed by atoms with Crippen LogP contribution in [0.25, 0.3) is 5.57 Å². The highest BCUT2D eigenvalue weighted by Gasteiger charge is 2.29. The summed E-state index contributed by atoms with van der Waals surface area (Å²) in [6.45, 7) is 0. The number of halogens is 2. The number of hydrogen-bond acceptors (Lipinski definition) is 4. The molecule has 0 fully saturated rings. The zero-order valence-electron chi connectivity index (χ0n) is 10.7. The molecule has 1 aromatic rings.